The van der Waals surface area contributed by atoms with Crippen LogP contribution < -0.4 is 11.0 Å². The average molecular weight is 170 g/mol. The van der Waals surface area contributed by atoms with Crippen LogP contribution in [-0.2, 0) is 11.1 Å². The standard InChI is InChI=1S/C7H8NO2P/c8-5-6-2-1-3-7(4-6)11(9)10/h1-4H,5,8H2/p+1. The molecule has 0 fully saturated rings. The summed E-state index contributed by atoms with van der Waals surface area (Å²) in [6, 6.07) is 6.79. The summed E-state index contributed by atoms with van der Waals surface area (Å²) in [5, 5.41) is 0.433. The molecule has 3 N–H and O–H groups in total. The first kappa shape index (κ1) is 8.34. The predicted octanol–water partition coefficient (Wildman–Crippen LogP) is 0.505. The summed E-state index contributed by atoms with van der Waals surface area (Å²) >= 11 is 0. The van der Waals surface area contributed by atoms with Crippen LogP contribution in [0, 0.1) is 0 Å². The van der Waals surface area contributed by atoms with E-state index in [2.05, 4.69) is 0 Å². The SMILES string of the molecule is NCc1cccc([P+](=O)O)c1. The highest BCUT2D eigenvalue weighted by Crippen LogP contribution is 2.12. The molecule has 0 amide bonds. The highest BCUT2D eigenvalue weighted by atomic mass is 31.1. The van der Waals surface area contributed by atoms with Crippen LogP contribution in [-0.4, -0.2) is 4.89 Å². The lowest BCUT2D eigenvalue weighted by Crippen LogP contribution is -2.02. The van der Waals surface area contributed by atoms with Gasteiger partial charge in [0.05, 0.1) is 0 Å². The van der Waals surface area contributed by atoms with Crippen molar-refractivity contribution in [2.45, 2.75) is 6.54 Å². The molecule has 0 aliphatic rings. The van der Waals surface area contributed by atoms with Gasteiger partial charge in [0, 0.05) is 6.54 Å². The molecule has 0 spiro atoms. The van der Waals surface area contributed by atoms with Crippen molar-refractivity contribution in [3.05, 3.63) is 29.8 Å². The van der Waals surface area contributed by atoms with Crippen LogP contribution in [0.3, 0.4) is 0 Å². The van der Waals surface area contributed by atoms with Gasteiger partial charge in [0.2, 0.25) is 5.30 Å². The summed E-state index contributed by atoms with van der Waals surface area (Å²) in [5.74, 6) is 0. The minimum atomic E-state index is -2.22. The quantitative estimate of drug-likeness (QED) is 0.635. The van der Waals surface area contributed by atoms with E-state index < -0.39 is 8.03 Å². The van der Waals surface area contributed by atoms with Gasteiger partial charge in [-0.3, -0.25) is 0 Å². The highest BCUT2D eigenvalue weighted by Gasteiger charge is 2.14. The number of hydrogen-bond donors (Lipinski definition) is 2. The minimum absolute atomic E-state index is 0.400. The third-order valence-electron chi connectivity index (χ3n) is 1.37. The fourth-order valence-corrected chi connectivity index (χ4v) is 1.29. The molecule has 1 atom stereocenters. The summed E-state index contributed by atoms with van der Waals surface area (Å²) in [4.78, 5) is 8.71. The maximum atomic E-state index is 10.6. The molecule has 0 heterocycles. The van der Waals surface area contributed by atoms with Crippen molar-refractivity contribution >= 4 is 13.3 Å². The number of nitrogens with two attached hydrogens (primary N) is 1. The van der Waals surface area contributed by atoms with Gasteiger partial charge in [0.1, 0.15) is 0 Å². The summed E-state index contributed by atoms with van der Waals surface area (Å²) in [6.45, 7) is 0.400. The van der Waals surface area contributed by atoms with Gasteiger partial charge in [-0.25, -0.2) is 0 Å². The van der Waals surface area contributed by atoms with E-state index in [1.807, 2.05) is 6.07 Å². The molecule has 11 heavy (non-hydrogen) atoms. The first-order valence-electron chi connectivity index (χ1n) is 3.19. The Morgan fingerprint density at radius 3 is 2.82 bits per heavy atom. The second-order valence-electron chi connectivity index (χ2n) is 2.15. The zero-order valence-electron chi connectivity index (χ0n) is 5.90. The predicted molar refractivity (Wildman–Crippen MR) is 43.8 cm³/mol. The fourth-order valence-electron chi connectivity index (χ4n) is 0.802. The van der Waals surface area contributed by atoms with E-state index in [0.29, 0.717) is 11.8 Å². The third-order valence-corrected chi connectivity index (χ3v) is 2.09. The van der Waals surface area contributed by atoms with Crippen LogP contribution >= 0.6 is 8.03 Å². The minimum Gasteiger partial charge on any atom is -0.326 e. The number of benzene rings is 1. The van der Waals surface area contributed by atoms with Gasteiger partial charge in [0.15, 0.2) is 0 Å². The van der Waals surface area contributed by atoms with Crippen LogP contribution in [0.4, 0.5) is 0 Å². The Morgan fingerprint density at radius 1 is 1.55 bits per heavy atom. The van der Waals surface area contributed by atoms with E-state index in [1.165, 1.54) is 0 Å². The molecule has 1 rings (SSSR count). The summed E-state index contributed by atoms with van der Waals surface area (Å²) in [5.41, 5.74) is 6.22. The molecule has 1 aromatic carbocycles. The first-order valence-corrected chi connectivity index (χ1v) is 4.40. The lowest BCUT2D eigenvalue weighted by atomic mass is 10.2. The number of rotatable bonds is 2. The van der Waals surface area contributed by atoms with E-state index in [1.54, 1.807) is 18.2 Å². The van der Waals surface area contributed by atoms with E-state index in [4.69, 9.17) is 10.6 Å². The Labute approximate surface area is 65.7 Å². The second kappa shape index (κ2) is 3.58. The number of hydrogen-bond acceptors (Lipinski definition) is 2. The molecule has 4 heteroatoms. The molecule has 0 radical (unpaired) electrons. The van der Waals surface area contributed by atoms with Crippen LogP contribution in [0.15, 0.2) is 24.3 Å². The van der Waals surface area contributed by atoms with Gasteiger partial charge in [-0.15, -0.1) is 0 Å². The molecule has 0 saturated heterocycles. The molecular formula is C7H9NO2P+. The van der Waals surface area contributed by atoms with Crippen molar-refractivity contribution in [3.8, 4) is 0 Å². The zero-order valence-corrected chi connectivity index (χ0v) is 6.79. The molecule has 3 nitrogen and oxygen atoms in total. The van der Waals surface area contributed by atoms with Crippen molar-refractivity contribution in [3.63, 3.8) is 0 Å². The van der Waals surface area contributed by atoms with Crippen molar-refractivity contribution in [1.82, 2.24) is 0 Å². The zero-order chi connectivity index (χ0) is 8.27. The smallest absolute Gasteiger partial charge is 0.326 e. The van der Waals surface area contributed by atoms with Gasteiger partial charge in [0.25, 0.3) is 0 Å². The van der Waals surface area contributed by atoms with Gasteiger partial charge in [-0.1, -0.05) is 12.1 Å². The fraction of sp³-hybridized carbons (Fsp3) is 0.143. The van der Waals surface area contributed by atoms with Crippen molar-refractivity contribution < 1.29 is 9.46 Å². The average Bonchev–Trinajstić information content (AvgIpc) is 2.05. The summed E-state index contributed by atoms with van der Waals surface area (Å²) < 4.78 is 10.6. The highest BCUT2D eigenvalue weighted by molar-refractivity contribution is 7.47. The van der Waals surface area contributed by atoms with Crippen LogP contribution in [0.2, 0.25) is 0 Å². The monoisotopic (exact) mass is 170 g/mol. The molecule has 58 valence electrons. The van der Waals surface area contributed by atoms with E-state index in [9.17, 15) is 4.57 Å². The molecular weight excluding hydrogens is 161 g/mol. The normalized spacial score (nSPS) is 11.3. The summed E-state index contributed by atoms with van der Waals surface area (Å²) in [6.07, 6.45) is 0. The van der Waals surface area contributed by atoms with Crippen LogP contribution in [0.5, 0.6) is 0 Å². The van der Waals surface area contributed by atoms with Crippen LogP contribution in [0.1, 0.15) is 5.56 Å². The summed E-state index contributed by atoms with van der Waals surface area (Å²) in [7, 11) is -2.22. The molecule has 0 saturated carbocycles. The Kier molecular flexibility index (Phi) is 2.71. The molecule has 0 bridgehead atoms. The molecule has 1 aromatic rings. The molecule has 0 aliphatic carbocycles. The largest absolute Gasteiger partial charge is 0.546 e. The first-order chi connectivity index (χ1) is 5.24. The van der Waals surface area contributed by atoms with Crippen molar-refractivity contribution in [1.29, 1.82) is 0 Å². The second-order valence-corrected chi connectivity index (χ2v) is 3.21. The van der Waals surface area contributed by atoms with E-state index in [0.717, 1.165) is 5.56 Å². The van der Waals surface area contributed by atoms with Gasteiger partial charge < -0.3 is 5.73 Å². The van der Waals surface area contributed by atoms with Crippen LogP contribution in [0.25, 0.3) is 0 Å². The van der Waals surface area contributed by atoms with E-state index in [-0.39, 0.29) is 0 Å². The lowest BCUT2D eigenvalue weighted by molar-refractivity contribution is 0.513. The Balaban J connectivity index is 3.01. The molecule has 0 aromatic heterocycles. The van der Waals surface area contributed by atoms with Gasteiger partial charge in [-0.2, -0.15) is 4.89 Å². The Morgan fingerprint density at radius 2 is 2.27 bits per heavy atom. The molecule has 0 aliphatic heterocycles. The lowest BCUT2D eigenvalue weighted by Gasteiger charge is -1.91. The van der Waals surface area contributed by atoms with Gasteiger partial charge >= 0.3 is 8.03 Å². The van der Waals surface area contributed by atoms with Crippen molar-refractivity contribution in [2.75, 3.05) is 0 Å². The van der Waals surface area contributed by atoms with Crippen molar-refractivity contribution in [2.24, 2.45) is 5.73 Å². The maximum absolute atomic E-state index is 10.6. The van der Waals surface area contributed by atoms with E-state index >= 15 is 0 Å². The Bertz CT molecular complexity index is 275. The topological polar surface area (TPSA) is 63.3 Å². The Hall–Kier alpha value is -0.760. The molecule has 1 unspecified atom stereocenters. The maximum Gasteiger partial charge on any atom is 0.546 e. The van der Waals surface area contributed by atoms with Gasteiger partial charge in [-0.05, 0) is 22.3 Å². The third kappa shape index (κ3) is 2.09.